The van der Waals surface area contributed by atoms with E-state index in [1.54, 1.807) is 13.1 Å². The molecular formula is C19H20N4O3S. The summed E-state index contributed by atoms with van der Waals surface area (Å²) in [6, 6.07) is 4.68. The molecule has 2 aromatic rings. The lowest BCUT2D eigenvalue weighted by molar-refractivity contribution is -0.146. The number of imide groups is 1. The highest BCUT2D eigenvalue weighted by Gasteiger charge is 2.50. The average molecular weight is 384 g/mol. The van der Waals surface area contributed by atoms with E-state index in [1.807, 2.05) is 23.6 Å². The average Bonchev–Trinajstić information content (AvgIpc) is 3.26. The molecule has 8 heteroatoms. The van der Waals surface area contributed by atoms with Gasteiger partial charge in [0.15, 0.2) is 5.13 Å². The summed E-state index contributed by atoms with van der Waals surface area (Å²) in [6.45, 7) is 1.59. The zero-order valence-corrected chi connectivity index (χ0v) is 15.7. The second kappa shape index (κ2) is 7.19. The Kier molecular flexibility index (Phi) is 4.73. The molecule has 140 valence electrons. The van der Waals surface area contributed by atoms with Crippen LogP contribution in [0.3, 0.4) is 0 Å². The predicted octanol–water partition coefficient (Wildman–Crippen LogP) is 2.71. The number of pyridine rings is 1. The van der Waals surface area contributed by atoms with Gasteiger partial charge in [-0.3, -0.25) is 24.3 Å². The van der Waals surface area contributed by atoms with Crippen molar-refractivity contribution in [3.05, 3.63) is 29.8 Å². The van der Waals surface area contributed by atoms with Crippen LogP contribution in [0.5, 0.6) is 0 Å². The van der Waals surface area contributed by atoms with Gasteiger partial charge in [0.05, 0.1) is 17.5 Å². The Balaban J connectivity index is 1.46. The Morgan fingerprint density at radius 2 is 1.89 bits per heavy atom. The Morgan fingerprint density at radius 3 is 2.52 bits per heavy atom. The minimum Gasteiger partial charge on any atom is -0.300 e. The van der Waals surface area contributed by atoms with Crippen LogP contribution in [0.2, 0.25) is 0 Å². The van der Waals surface area contributed by atoms with E-state index in [4.69, 9.17) is 0 Å². The van der Waals surface area contributed by atoms with Gasteiger partial charge in [-0.2, -0.15) is 0 Å². The molecule has 0 spiro atoms. The number of fused-ring (bicyclic) bond motifs is 1. The van der Waals surface area contributed by atoms with Crippen LogP contribution in [0.4, 0.5) is 5.13 Å². The van der Waals surface area contributed by atoms with Crippen molar-refractivity contribution < 1.29 is 14.4 Å². The third-order valence-electron chi connectivity index (χ3n) is 5.30. The van der Waals surface area contributed by atoms with Crippen LogP contribution < -0.4 is 5.32 Å². The Labute approximate surface area is 160 Å². The maximum atomic E-state index is 12.6. The number of thiazole rings is 1. The van der Waals surface area contributed by atoms with Crippen molar-refractivity contribution in [2.24, 2.45) is 11.8 Å². The first-order chi connectivity index (χ1) is 13.1. The molecule has 0 aromatic carbocycles. The van der Waals surface area contributed by atoms with Crippen molar-refractivity contribution in [2.75, 3.05) is 5.32 Å². The summed E-state index contributed by atoms with van der Waals surface area (Å²) in [5.74, 6) is -1.33. The minimum absolute atomic E-state index is 0.208. The summed E-state index contributed by atoms with van der Waals surface area (Å²) >= 11 is 1.28. The number of hydrogen-bond acceptors (Lipinski definition) is 6. The fraction of sp³-hybridized carbons (Fsp3) is 0.421. The molecule has 27 heavy (non-hydrogen) atoms. The van der Waals surface area contributed by atoms with Crippen LogP contribution in [0.25, 0.3) is 11.4 Å². The van der Waals surface area contributed by atoms with Crippen molar-refractivity contribution in [3.8, 4) is 11.4 Å². The molecule has 2 aromatic heterocycles. The maximum absolute atomic E-state index is 12.6. The molecule has 3 atom stereocenters. The lowest BCUT2D eigenvalue weighted by Gasteiger charge is -2.21. The fourth-order valence-corrected chi connectivity index (χ4v) is 4.57. The number of rotatable bonds is 4. The zero-order valence-electron chi connectivity index (χ0n) is 14.9. The first kappa shape index (κ1) is 17.8. The number of amides is 3. The van der Waals surface area contributed by atoms with Crippen molar-refractivity contribution in [1.29, 1.82) is 0 Å². The summed E-state index contributed by atoms with van der Waals surface area (Å²) in [4.78, 5) is 47.7. The molecule has 1 saturated heterocycles. The number of carbonyl (C=O) groups excluding carboxylic acids is 3. The number of nitrogens with one attached hydrogen (secondary N) is 1. The molecule has 1 N–H and O–H groups in total. The van der Waals surface area contributed by atoms with Gasteiger partial charge in [0.2, 0.25) is 17.7 Å². The lowest BCUT2D eigenvalue weighted by Crippen LogP contribution is -2.46. The summed E-state index contributed by atoms with van der Waals surface area (Å²) in [7, 11) is 0. The van der Waals surface area contributed by atoms with Crippen LogP contribution in [-0.4, -0.2) is 38.6 Å². The van der Waals surface area contributed by atoms with Gasteiger partial charge >= 0.3 is 0 Å². The molecular weight excluding hydrogens is 364 g/mol. The SMILES string of the molecule is C[C@@H](C(=O)Nc1nc(-c2ccccn2)cs1)N1C(=O)[C@H]2CCCC[C@H]2C1=O. The molecule has 0 bridgehead atoms. The molecule has 3 heterocycles. The van der Waals surface area contributed by atoms with Crippen LogP contribution in [0.1, 0.15) is 32.6 Å². The zero-order chi connectivity index (χ0) is 19.0. The quantitative estimate of drug-likeness (QED) is 0.818. The van der Waals surface area contributed by atoms with Crippen LogP contribution in [-0.2, 0) is 14.4 Å². The predicted molar refractivity (Wildman–Crippen MR) is 101 cm³/mol. The standard InChI is InChI=1S/C19H20N4O3S/c1-11(23-17(25)12-6-2-3-7-13(12)18(23)26)16(24)22-19-21-15(10-27-19)14-8-4-5-9-20-14/h4-5,8-13H,2-3,6-7H2,1H3,(H,21,22,24)/t11-,12-,13+/m0/s1. The van der Waals surface area contributed by atoms with E-state index >= 15 is 0 Å². The number of nitrogens with zero attached hydrogens (tertiary/aromatic N) is 3. The van der Waals surface area contributed by atoms with Crippen LogP contribution >= 0.6 is 11.3 Å². The number of anilines is 1. The van der Waals surface area contributed by atoms with E-state index < -0.39 is 11.9 Å². The number of likely N-dealkylation sites (tertiary alicyclic amines) is 1. The second-order valence-corrected chi connectivity index (χ2v) is 7.82. The van der Waals surface area contributed by atoms with Gasteiger partial charge < -0.3 is 5.32 Å². The normalized spacial score (nSPS) is 23.2. The largest absolute Gasteiger partial charge is 0.300 e. The topological polar surface area (TPSA) is 92.3 Å². The van der Waals surface area contributed by atoms with Gasteiger partial charge in [0.1, 0.15) is 11.7 Å². The van der Waals surface area contributed by atoms with E-state index in [0.717, 1.165) is 36.3 Å². The monoisotopic (exact) mass is 384 g/mol. The molecule has 1 saturated carbocycles. The molecule has 1 aliphatic heterocycles. The molecule has 3 amide bonds. The summed E-state index contributed by atoms with van der Waals surface area (Å²) in [5.41, 5.74) is 1.39. The van der Waals surface area contributed by atoms with E-state index in [1.165, 1.54) is 11.3 Å². The number of aromatic nitrogens is 2. The van der Waals surface area contributed by atoms with Crippen LogP contribution in [0, 0.1) is 11.8 Å². The lowest BCUT2D eigenvalue weighted by atomic mass is 9.81. The smallest absolute Gasteiger partial charge is 0.249 e. The Bertz CT molecular complexity index is 858. The van der Waals surface area contributed by atoms with Crippen molar-refractivity contribution >= 4 is 34.2 Å². The highest BCUT2D eigenvalue weighted by atomic mass is 32.1. The van der Waals surface area contributed by atoms with E-state index in [2.05, 4.69) is 15.3 Å². The van der Waals surface area contributed by atoms with E-state index in [9.17, 15) is 14.4 Å². The maximum Gasteiger partial charge on any atom is 0.249 e. The third-order valence-corrected chi connectivity index (χ3v) is 6.06. The van der Waals surface area contributed by atoms with E-state index in [-0.39, 0.29) is 23.7 Å². The molecule has 0 radical (unpaired) electrons. The van der Waals surface area contributed by atoms with Crippen molar-refractivity contribution in [1.82, 2.24) is 14.9 Å². The molecule has 2 fully saturated rings. The van der Waals surface area contributed by atoms with Crippen LogP contribution in [0.15, 0.2) is 29.8 Å². The summed E-state index contributed by atoms with van der Waals surface area (Å²) < 4.78 is 0. The second-order valence-electron chi connectivity index (χ2n) is 6.96. The molecule has 7 nitrogen and oxygen atoms in total. The Hall–Kier alpha value is -2.61. The van der Waals surface area contributed by atoms with Gasteiger partial charge in [0.25, 0.3) is 0 Å². The van der Waals surface area contributed by atoms with Gasteiger partial charge in [0, 0.05) is 11.6 Å². The highest BCUT2D eigenvalue weighted by Crippen LogP contribution is 2.39. The number of carbonyl (C=O) groups is 3. The molecule has 0 unspecified atom stereocenters. The number of hydrogen-bond donors (Lipinski definition) is 1. The summed E-state index contributed by atoms with van der Waals surface area (Å²) in [6.07, 6.45) is 5.08. The minimum atomic E-state index is -0.849. The fourth-order valence-electron chi connectivity index (χ4n) is 3.86. The van der Waals surface area contributed by atoms with Gasteiger partial charge in [-0.1, -0.05) is 18.9 Å². The summed E-state index contributed by atoms with van der Waals surface area (Å²) in [5, 5.41) is 4.95. The van der Waals surface area contributed by atoms with Gasteiger partial charge in [-0.15, -0.1) is 11.3 Å². The van der Waals surface area contributed by atoms with E-state index in [0.29, 0.717) is 10.8 Å². The van der Waals surface area contributed by atoms with Crippen molar-refractivity contribution in [2.45, 2.75) is 38.6 Å². The third kappa shape index (κ3) is 3.25. The molecule has 1 aliphatic carbocycles. The molecule has 2 aliphatic rings. The van der Waals surface area contributed by atoms with Gasteiger partial charge in [-0.25, -0.2) is 4.98 Å². The molecule has 4 rings (SSSR count). The van der Waals surface area contributed by atoms with Crippen molar-refractivity contribution in [3.63, 3.8) is 0 Å². The van der Waals surface area contributed by atoms with Gasteiger partial charge in [-0.05, 0) is 31.9 Å². The highest BCUT2D eigenvalue weighted by molar-refractivity contribution is 7.14. The first-order valence-corrected chi connectivity index (χ1v) is 9.99. The Morgan fingerprint density at radius 1 is 1.19 bits per heavy atom. The first-order valence-electron chi connectivity index (χ1n) is 9.11.